The molecule has 0 radical (unpaired) electrons. The molecule has 2 atom stereocenters. The summed E-state index contributed by atoms with van der Waals surface area (Å²) in [6.07, 6.45) is 1.31. The van der Waals surface area contributed by atoms with E-state index in [0.717, 1.165) is 37.8 Å². The fraction of sp³-hybridized carbons (Fsp3) is 0.588. The van der Waals surface area contributed by atoms with E-state index < -0.39 is 0 Å². The second-order valence-electron chi connectivity index (χ2n) is 7.00. The highest BCUT2D eigenvalue weighted by Crippen LogP contribution is 2.57. The largest absolute Gasteiger partial charge is 0.492 e. The lowest BCUT2D eigenvalue weighted by Gasteiger charge is -2.24. The SMILES string of the molecule is CC12CC1CN(C(=O)CN1CCOc3ccccc3C1)C2. The molecule has 0 N–H and O–H groups in total. The van der Waals surface area contributed by atoms with Gasteiger partial charge < -0.3 is 9.64 Å². The number of ether oxygens (including phenoxy) is 1. The summed E-state index contributed by atoms with van der Waals surface area (Å²) in [5.41, 5.74) is 1.61. The van der Waals surface area contributed by atoms with E-state index >= 15 is 0 Å². The number of benzene rings is 1. The summed E-state index contributed by atoms with van der Waals surface area (Å²) in [7, 11) is 0. The number of carbonyl (C=O) groups excluding carboxylic acids is 1. The lowest BCUT2D eigenvalue weighted by molar-refractivity contribution is -0.132. The van der Waals surface area contributed by atoms with Crippen molar-refractivity contribution in [1.82, 2.24) is 9.80 Å². The van der Waals surface area contributed by atoms with E-state index in [9.17, 15) is 4.79 Å². The molecule has 2 heterocycles. The van der Waals surface area contributed by atoms with Gasteiger partial charge in [-0.15, -0.1) is 0 Å². The van der Waals surface area contributed by atoms with Crippen molar-refractivity contribution in [2.45, 2.75) is 19.9 Å². The van der Waals surface area contributed by atoms with Crippen molar-refractivity contribution >= 4 is 5.91 Å². The van der Waals surface area contributed by atoms with Gasteiger partial charge in [-0.05, 0) is 23.8 Å². The third-order valence-corrected chi connectivity index (χ3v) is 5.27. The van der Waals surface area contributed by atoms with Crippen LogP contribution in [0.3, 0.4) is 0 Å². The van der Waals surface area contributed by atoms with Crippen LogP contribution in [-0.4, -0.2) is 48.5 Å². The highest BCUT2D eigenvalue weighted by atomic mass is 16.5. The highest BCUT2D eigenvalue weighted by Gasteiger charge is 2.57. The fourth-order valence-corrected chi connectivity index (χ4v) is 3.75. The summed E-state index contributed by atoms with van der Waals surface area (Å²) in [5.74, 6) is 2.00. The number of amides is 1. The Balaban J connectivity index is 1.40. The summed E-state index contributed by atoms with van der Waals surface area (Å²) in [5, 5.41) is 0. The van der Waals surface area contributed by atoms with Crippen LogP contribution in [0.1, 0.15) is 18.9 Å². The van der Waals surface area contributed by atoms with Crippen LogP contribution >= 0.6 is 0 Å². The molecule has 2 unspecified atom stereocenters. The van der Waals surface area contributed by atoms with Crippen molar-refractivity contribution in [2.75, 3.05) is 32.8 Å². The van der Waals surface area contributed by atoms with Crippen molar-refractivity contribution in [2.24, 2.45) is 11.3 Å². The van der Waals surface area contributed by atoms with Gasteiger partial charge in [0.15, 0.2) is 0 Å². The van der Waals surface area contributed by atoms with E-state index in [-0.39, 0.29) is 5.91 Å². The second-order valence-corrected chi connectivity index (χ2v) is 7.00. The first-order valence-electron chi connectivity index (χ1n) is 7.85. The fourth-order valence-electron chi connectivity index (χ4n) is 3.75. The standard InChI is InChI=1S/C17H22N2O2/c1-17-8-14(17)10-19(12-17)16(20)11-18-6-7-21-15-5-3-2-4-13(15)9-18/h2-5,14H,6-12H2,1H3. The first-order chi connectivity index (χ1) is 10.1. The van der Waals surface area contributed by atoms with Gasteiger partial charge in [0.25, 0.3) is 0 Å². The van der Waals surface area contributed by atoms with Crippen molar-refractivity contribution in [1.29, 1.82) is 0 Å². The van der Waals surface area contributed by atoms with E-state index in [0.29, 0.717) is 18.6 Å². The molecule has 0 aromatic heterocycles. The number of rotatable bonds is 2. The van der Waals surface area contributed by atoms with Crippen molar-refractivity contribution in [3.63, 3.8) is 0 Å². The molecule has 112 valence electrons. The first-order valence-corrected chi connectivity index (χ1v) is 7.85. The number of hydrogen-bond donors (Lipinski definition) is 0. The highest BCUT2D eigenvalue weighted by molar-refractivity contribution is 5.79. The zero-order chi connectivity index (χ0) is 14.4. The van der Waals surface area contributed by atoms with Gasteiger partial charge in [-0.2, -0.15) is 0 Å². The minimum atomic E-state index is 0.280. The van der Waals surface area contributed by atoms with Gasteiger partial charge in [-0.3, -0.25) is 9.69 Å². The van der Waals surface area contributed by atoms with Gasteiger partial charge in [0.1, 0.15) is 12.4 Å². The summed E-state index contributed by atoms with van der Waals surface area (Å²) < 4.78 is 5.76. The molecule has 2 fully saturated rings. The number of likely N-dealkylation sites (tertiary alicyclic amines) is 1. The molecule has 0 spiro atoms. The van der Waals surface area contributed by atoms with Gasteiger partial charge in [0, 0.05) is 31.7 Å². The zero-order valence-electron chi connectivity index (χ0n) is 12.5. The summed E-state index contributed by atoms with van der Waals surface area (Å²) >= 11 is 0. The van der Waals surface area contributed by atoms with Crippen molar-refractivity contribution in [3.05, 3.63) is 29.8 Å². The Morgan fingerprint density at radius 3 is 3.10 bits per heavy atom. The Morgan fingerprint density at radius 1 is 1.43 bits per heavy atom. The molecule has 1 aliphatic carbocycles. The number of hydrogen-bond acceptors (Lipinski definition) is 3. The molecule has 0 bridgehead atoms. The molecule has 1 saturated carbocycles. The number of para-hydroxylation sites is 1. The minimum absolute atomic E-state index is 0.280. The number of fused-ring (bicyclic) bond motifs is 2. The zero-order valence-corrected chi connectivity index (χ0v) is 12.5. The third kappa shape index (κ3) is 2.42. The molecule has 1 saturated heterocycles. The molecular formula is C17H22N2O2. The maximum absolute atomic E-state index is 12.5. The predicted molar refractivity (Wildman–Crippen MR) is 80.0 cm³/mol. The molecule has 2 aliphatic heterocycles. The Morgan fingerprint density at radius 2 is 2.29 bits per heavy atom. The van der Waals surface area contributed by atoms with Crippen molar-refractivity contribution in [3.8, 4) is 5.75 Å². The second kappa shape index (κ2) is 4.73. The predicted octanol–water partition coefficient (Wildman–Crippen LogP) is 1.75. The Labute approximate surface area is 125 Å². The lowest BCUT2D eigenvalue weighted by Crippen LogP contribution is -2.41. The van der Waals surface area contributed by atoms with E-state index in [1.165, 1.54) is 12.0 Å². The van der Waals surface area contributed by atoms with Crippen LogP contribution in [0.2, 0.25) is 0 Å². The molecular weight excluding hydrogens is 264 g/mol. The van der Waals surface area contributed by atoms with Crippen LogP contribution in [-0.2, 0) is 11.3 Å². The van der Waals surface area contributed by atoms with Crippen molar-refractivity contribution < 1.29 is 9.53 Å². The topological polar surface area (TPSA) is 32.8 Å². The van der Waals surface area contributed by atoms with E-state index in [2.05, 4.69) is 22.8 Å². The maximum atomic E-state index is 12.5. The molecule has 4 heteroatoms. The number of piperidine rings is 1. The molecule has 21 heavy (non-hydrogen) atoms. The summed E-state index contributed by atoms with van der Waals surface area (Å²) in [4.78, 5) is 16.8. The van der Waals surface area contributed by atoms with Gasteiger partial charge >= 0.3 is 0 Å². The van der Waals surface area contributed by atoms with Crippen LogP contribution < -0.4 is 4.74 Å². The van der Waals surface area contributed by atoms with Gasteiger partial charge in [0.2, 0.25) is 5.91 Å². The van der Waals surface area contributed by atoms with Crippen LogP contribution in [0.15, 0.2) is 24.3 Å². The van der Waals surface area contributed by atoms with Crippen LogP contribution in [0, 0.1) is 11.3 Å². The summed E-state index contributed by atoms with van der Waals surface area (Å²) in [6, 6.07) is 8.12. The smallest absolute Gasteiger partial charge is 0.236 e. The van der Waals surface area contributed by atoms with Gasteiger partial charge in [-0.25, -0.2) is 0 Å². The lowest BCUT2D eigenvalue weighted by atomic mass is 10.1. The van der Waals surface area contributed by atoms with Gasteiger partial charge in [-0.1, -0.05) is 25.1 Å². The first kappa shape index (κ1) is 13.1. The summed E-state index contributed by atoms with van der Waals surface area (Å²) in [6.45, 7) is 7.02. The van der Waals surface area contributed by atoms with E-state index in [1.54, 1.807) is 0 Å². The Hall–Kier alpha value is -1.55. The molecule has 4 nitrogen and oxygen atoms in total. The third-order valence-electron chi connectivity index (χ3n) is 5.27. The molecule has 1 aromatic carbocycles. The maximum Gasteiger partial charge on any atom is 0.236 e. The average Bonchev–Trinajstić information content (AvgIpc) is 3.05. The molecule has 1 aromatic rings. The molecule has 1 amide bonds. The Kier molecular flexibility index (Phi) is 2.96. The Bertz CT molecular complexity index is 574. The number of nitrogens with zero attached hydrogens (tertiary/aromatic N) is 2. The normalized spacial score (nSPS) is 31.1. The van der Waals surface area contributed by atoms with Gasteiger partial charge in [0.05, 0.1) is 6.54 Å². The number of carbonyl (C=O) groups is 1. The van der Waals surface area contributed by atoms with E-state index in [1.807, 2.05) is 18.2 Å². The molecule has 4 rings (SSSR count). The molecule has 3 aliphatic rings. The van der Waals surface area contributed by atoms with Crippen LogP contribution in [0.5, 0.6) is 5.75 Å². The monoisotopic (exact) mass is 286 g/mol. The average molecular weight is 286 g/mol. The minimum Gasteiger partial charge on any atom is -0.492 e. The van der Waals surface area contributed by atoms with Crippen LogP contribution in [0.4, 0.5) is 0 Å². The quantitative estimate of drug-likeness (QED) is 0.830. The van der Waals surface area contributed by atoms with Crippen LogP contribution in [0.25, 0.3) is 0 Å². The van der Waals surface area contributed by atoms with E-state index in [4.69, 9.17) is 4.74 Å².